The zero-order valence-electron chi connectivity index (χ0n) is 8.44. The maximum Gasteiger partial charge on any atom is 0.115 e. The zero-order valence-corrected chi connectivity index (χ0v) is 10.0. The predicted octanol–water partition coefficient (Wildman–Crippen LogP) is 3.14. The van der Waals surface area contributed by atoms with Gasteiger partial charge in [0.15, 0.2) is 0 Å². The number of hydrogen-bond donors (Lipinski definition) is 0. The second kappa shape index (κ2) is 4.53. The van der Waals surface area contributed by atoms with Crippen molar-refractivity contribution in [3.8, 4) is 0 Å². The van der Waals surface area contributed by atoms with Crippen LogP contribution < -0.4 is 0 Å². The molecule has 0 spiro atoms. The van der Waals surface area contributed by atoms with Gasteiger partial charge in [0.25, 0.3) is 0 Å². The molecule has 1 aromatic heterocycles. The van der Waals surface area contributed by atoms with Crippen molar-refractivity contribution in [1.82, 2.24) is 9.97 Å². The highest BCUT2D eigenvalue weighted by molar-refractivity contribution is 9.10. The van der Waals surface area contributed by atoms with Gasteiger partial charge in [-0.3, -0.25) is 0 Å². The molecule has 0 bridgehead atoms. The molecule has 0 amide bonds. The van der Waals surface area contributed by atoms with Crippen LogP contribution in [0.3, 0.4) is 0 Å². The van der Waals surface area contributed by atoms with Gasteiger partial charge in [-0.05, 0) is 30.7 Å². The van der Waals surface area contributed by atoms with Crippen LogP contribution in [0.15, 0.2) is 41.1 Å². The predicted molar refractivity (Wildman–Crippen MR) is 63.7 cm³/mol. The number of aryl methyl sites for hydroxylation is 1. The molecule has 0 radical (unpaired) electrons. The molecule has 0 aliphatic carbocycles. The van der Waals surface area contributed by atoms with Gasteiger partial charge in [0, 0.05) is 22.3 Å². The lowest BCUT2D eigenvalue weighted by atomic mass is 10.1. The van der Waals surface area contributed by atoms with E-state index in [0.29, 0.717) is 0 Å². The van der Waals surface area contributed by atoms with Crippen molar-refractivity contribution in [1.29, 1.82) is 0 Å². The third-order valence-corrected chi connectivity index (χ3v) is 2.69. The van der Waals surface area contributed by atoms with Crippen molar-refractivity contribution >= 4 is 15.9 Å². The number of aromatic nitrogens is 2. The summed E-state index contributed by atoms with van der Waals surface area (Å²) in [4.78, 5) is 8.31. The number of rotatable bonds is 2. The van der Waals surface area contributed by atoms with Crippen LogP contribution in [0.5, 0.6) is 0 Å². The maximum atomic E-state index is 4.23. The summed E-state index contributed by atoms with van der Waals surface area (Å²) in [7, 11) is 0. The fourth-order valence-electron chi connectivity index (χ4n) is 1.42. The van der Waals surface area contributed by atoms with Crippen LogP contribution in [-0.4, -0.2) is 9.97 Å². The molecule has 3 heteroatoms. The van der Waals surface area contributed by atoms with Crippen LogP contribution in [-0.2, 0) is 6.42 Å². The summed E-state index contributed by atoms with van der Waals surface area (Å²) < 4.78 is 1.10. The Bertz CT molecular complexity index is 451. The molecule has 15 heavy (non-hydrogen) atoms. The van der Waals surface area contributed by atoms with Crippen molar-refractivity contribution < 1.29 is 0 Å². The van der Waals surface area contributed by atoms with E-state index in [1.165, 1.54) is 5.56 Å². The fraction of sp³-hybridized carbons (Fsp3) is 0.167. The van der Waals surface area contributed by atoms with E-state index in [1.807, 2.05) is 25.1 Å². The minimum absolute atomic E-state index is 0.858. The third-order valence-electron chi connectivity index (χ3n) is 2.16. The summed E-state index contributed by atoms with van der Waals surface area (Å²) in [6.45, 7) is 1.98. The average Bonchev–Trinajstić information content (AvgIpc) is 2.22. The fourth-order valence-corrected chi connectivity index (χ4v) is 1.68. The van der Waals surface area contributed by atoms with Gasteiger partial charge in [0.05, 0.1) is 0 Å². The van der Waals surface area contributed by atoms with Gasteiger partial charge >= 0.3 is 0 Å². The van der Waals surface area contributed by atoms with E-state index in [0.717, 1.165) is 22.3 Å². The molecule has 2 rings (SSSR count). The highest BCUT2D eigenvalue weighted by Gasteiger charge is 1.98. The van der Waals surface area contributed by atoms with Gasteiger partial charge in [-0.1, -0.05) is 28.1 Å². The van der Waals surface area contributed by atoms with E-state index in [2.05, 4.69) is 38.0 Å². The maximum absolute atomic E-state index is 4.23. The van der Waals surface area contributed by atoms with Crippen molar-refractivity contribution in [2.75, 3.05) is 0 Å². The van der Waals surface area contributed by atoms with E-state index in [9.17, 15) is 0 Å². The Hall–Kier alpha value is -1.22. The largest absolute Gasteiger partial charge is 0.242 e. The van der Waals surface area contributed by atoms with Crippen LogP contribution in [0.2, 0.25) is 0 Å². The molecule has 76 valence electrons. The van der Waals surface area contributed by atoms with E-state index in [4.69, 9.17) is 0 Å². The molecule has 0 saturated carbocycles. The van der Waals surface area contributed by atoms with Crippen LogP contribution in [0.25, 0.3) is 0 Å². The molecule has 0 N–H and O–H groups in total. The van der Waals surface area contributed by atoms with E-state index >= 15 is 0 Å². The highest BCUT2D eigenvalue weighted by atomic mass is 79.9. The smallest absolute Gasteiger partial charge is 0.115 e. The molecule has 0 aliphatic rings. The van der Waals surface area contributed by atoms with Crippen molar-refractivity contribution in [2.24, 2.45) is 0 Å². The lowest BCUT2D eigenvalue weighted by Gasteiger charge is -2.01. The molecular weight excluding hydrogens is 252 g/mol. The standard InChI is InChI=1S/C12H11BrN2/c1-9-6-12(15-8-14-9)7-10-2-4-11(13)5-3-10/h2-6,8H,7H2,1H3. The molecule has 0 aliphatic heterocycles. The third kappa shape index (κ3) is 2.86. The summed E-state index contributed by atoms with van der Waals surface area (Å²) in [5, 5.41) is 0. The molecule has 0 saturated heterocycles. The quantitative estimate of drug-likeness (QED) is 0.831. The lowest BCUT2D eigenvalue weighted by molar-refractivity contribution is 0.998. The van der Waals surface area contributed by atoms with Crippen molar-refractivity contribution in [3.63, 3.8) is 0 Å². The molecule has 0 atom stereocenters. The minimum atomic E-state index is 0.858. The molecule has 2 aromatic rings. The molecule has 0 fully saturated rings. The van der Waals surface area contributed by atoms with Crippen molar-refractivity contribution in [2.45, 2.75) is 13.3 Å². The first-order valence-electron chi connectivity index (χ1n) is 4.76. The molecule has 0 unspecified atom stereocenters. The molecule has 2 nitrogen and oxygen atoms in total. The number of benzene rings is 1. The topological polar surface area (TPSA) is 25.8 Å². The SMILES string of the molecule is Cc1cc(Cc2ccc(Br)cc2)ncn1. The normalized spacial score (nSPS) is 10.3. The number of nitrogens with zero attached hydrogens (tertiary/aromatic N) is 2. The monoisotopic (exact) mass is 262 g/mol. The first kappa shape index (κ1) is 10.3. The average molecular weight is 263 g/mol. The summed E-state index contributed by atoms with van der Waals surface area (Å²) in [5.74, 6) is 0. The van der Waals surface area contributed by atoms with E-state index in [1.54, 1.807) is 6.33 Å². The second-order valence-corrected chi connectivity index (χ2v) is 4.37. The summed E-state index contributed by atoms with van der Waals surface area (Å²) >= 11 is 3.42. The summed E-state index contributed by atoms with van der Waals surface area (Å²) in [6.07, 6.45) is 2.47. The molecule has 1 aromatic carbocycles. The van der Waals surface area contributed by atoms with Gasteiger partial charge in [0.1, 0.15) is 6.33 Å². The van der Waals surface area contributed by atoms with Gasteiger partial charge in [0.2, 0.25) is 0 Å². The summed E-state index contributed by atoms with van der Waals surface area (Å²) in [6, 6.07) is 10.3. The first-order valence-corrected chi connectivity index (χ1v) is 5.55. The van der Waals surface area contributed by atoms with Crippen molar-refractivity contribution in [3.05, 3.63) is 58.1 Å². The Balaban J connectivity index is 2.18. The number of halogens is 1. The Morgan fingerprint density at radius 2 is 1.87 bits per heavy atom. The zero-order chi connectivity index (χ0) is 10.7. The lowest BCUT2D eigenvalue weighted by Crippen LogP contribution is -1.94. The minimum Gasteiger partial charge on any atom is -0.242 e. The van der Waals surface area contributed by atoms with Crippen LogP contribution in [0, 0.1) is 6.92 Å². The first-order chi connectivity index (χ1) is 7.24. The van der Waals surface area contributed by atoms with Gasteiger partial charge < -0.3 is 0 Å². The van der Waals surface area contributed by atoms with Gasteiger partial charge in [-0.2, -0.15) is 0 Å². The van der Waals surface area contributed by atoms with Gasteiger partial charge in [-0.15, -0.1) is 0 Å². The van der Waals surface area contributed by atoms with Crippen LogP contribution >= 0.6 is 15.9 Å². The van der Waals surface area contributed by atoms with E-state index < -0.39 is 0 Å². The second-order valence-electron chi connectivity index (χ2n) is 3.45. The van der Waals surface area contributed by atoms with Gasteiger partial charge in [-0.25, -0.2) is 9.97 Å². The van der Waals surface area contributed by atoms with E-state index in [-0.39, 0.29) is 0 Å². The molecular formula is C12H11BrN2. The van der Waals surface area contributed by atoms with Crippen LogP contribution in [0.4, 0.5) is 0 Å². The Labute approximate surface area is 97.5 Å². The molecule has 1 heterocycles. The Morgan fingerprint density at radius 3 is 2.53 bits per heavy atom. The highest BCUT2D eigenvalue weighted by Crippen LogP contribution is 2.13. The summed E-state index contributed by atoms with van der Waals surface area (Å²) in [5.41, 5.74) is 3.33. The Morgan fingerprint density at radius 1 is 1.13 bits per heavy atom. The van der Waals surface area contributed by atoms with Crippen LogP contribution in [0.1, 0.15) is 17.0 Å². The number of hydrogen-bond acceptors (Lipinski definition) is 2. The Kier molecular flexibility index (Phi) is 3.11.